The molecule has 3 heterocycles. The highest BCUT2D eigenvalue weighted by Gasteiger charge is 2.30. The average molecular weight is 426 g/mol. The van der Waals surface area contributed by atoms with Crippen molar-refractivity contribution in [1.82, 2.24) is 29.5 Å². The van der Waals surface area contributed by atoms with Crippen LogP contribution in [0.2, 0.25) is 0 Å². The Bertz CT molecular complexity index is 1200. The third kappa shape index (κ3) is 4.34. The largest absolute Gasteiger partial charge is 0.353 e. The lowest BCUT2D eigenvalue weighted by Gasteiger charge is -2.13. The van der Waals surface area contributed by atoms with E-state index in [1.807, 2.05) is 0 Å². The Labute approximate surface area is 175 Å². The van der Waals surface area contributed by atoms with Crippen LogP contribution in [-0.4, -0.2) is 55.0 Å². The first-order valence-electron chi connectivity index (χ1n) is 9.67. The fourth-order valence-electron chi connectivity index (χ4n) is 3.36. The molecule has 2 aromatic heterocycles. The van der Waals surface area contributed by atoms with E-state index in [-0.39, 0.29) is 62.2 Å². The number of rotatable bonds is 7. The number of likely N-dealkylation sites (tertiary alicyclic amines) is 1. The topological polar surface area (TPSA) is 119 Å². The Morgan fingerprint density at radius 3 is 2.52 bits per heavy atom. The minimum absolute atomic E-state index is 0.135. The number of carbonyl (C=O) groups is 3. The minimum Gasteiger partial charge on any atom is -0.353 e. The van der Waals surface area contributed by atoms with E-state index in [1.165, 1.54) is 33.9 Å². The van der Waals surface area contributed by atoms with Crippen LogP contribution in [0.3, 0.4) is 0 Å². The number of benzene rings is 1. The second kappa shape index (κ2) is 8.46. The summed E-state index contributed by atoms with van der Waals surface area (Å²) in [5.41, 5.74) is 0.852. The van der Waals surface area contributed by atoms with Gasteiger partial charge >= 0.3 is 0 Å². The lowest BCUT2D eigenvalue weighted by molar-refractivity contribution is -0.142. The molecule has 10 nitrogen and oxygen atoms in total. The molecule has 0 atom stereocenters. The summed E-state index contributed by atoms with van der Waals surface area (Å²) in [6, 6.07) is 5.85. The van der Waals surface area contributed by atoms with E-state index in [4.69, 9.17) is 0 Å². The van der Waals surface area contributed by atoms with Crippen LogP contribution in [0.4, 0.5) is 4.39 Å². The number of carbonyl (C=O) groups excluding carboxylic acids is 3. The van der Waals surface area contributed by atoms with Gasteiger partial charge in [0.1, 0.15) is 24.1 Å². The van der Waals surface area contributed by atoms with Gasteiger partial charge in [0.05, 0.1) is 19.3 Å². The van der Waals surface area contributed by atoms with Crippen LogP contribution in [0.25, 0.3) is 11.0 Å². The van der Waals surface area contributed by atoms with E-state index in [2.05, 4.69) is 15.4 Å². The molecular weight excluding hydrogens is 407 g/mol. The molecule has 3 aromatic rings. The molecule has 0 radical (unpaired) electrons. The fraction of sp³-hybridized carbons (Fsp3) is 0.300. The number of fused-ring (bicyclic) bond motifs is 1. The summed E-state index contributed by atoms with van der Waals surface area (Å²) in [7, 11) is 0. The van der Waals surface area contributed by atoms with Crippen LogP contribution in [0.15, 0.2) is 41.6 Å². The molecule has 0 aliphatic carbocycles. The smallest absolute Gasteiger partial charge is 0.264 e. The molecule has 160 valence electrons. The van der Waals surface area contributed by atoms with Crippen LogP contribution in [0.5, 0.6) is 0 Å². The normalized spacial score (nSPS) is 13.9. The first kappa shape index (κ1) is 20.4. The Hall–Kier alpha value is -3.89. The number of nitrogens with one attached hydrogen (secondary N) is 1. The van der Waals surface area contributed by atoms with E-state index in [0.29, 0.717) is 11.0 Å². The summed E-state index contributed by atoms with van der Waals surface area (Å²) < 4.78 is 16.0. The second-order valence-electron chi connectivity index (χ2n) is 7.13. The van der Waals surface area contributed by atoms with E-state index >= 15 is 0 Å². The molecule has 1 aliphatic rings. The molecule has 0 spiro atoms. The number of imide groups is 1. The molecule has 1 fully saturated rings. The summed E-state index contributed by atoms with van der Waals surface area (Å²) in [6.45, 7) is 0.388. The highest BCUT2D eigenvalue weighted by atomic mass is 19.1. The van der Waals surface area contributed by atoms with Crippen molar-refractivity contribution in [3.05, 3.63) is 58.5 Å². The van der Waals surface area contributed by atoms with Gasteiger partial charge in [0, 0.05) is 19.4 Å². The number of hydrogen-bond donors (Lipinski definition) is 1. The van der Waals surface area contributed by atoms with Crippen molar-refractivity contribution in [2.24, 2.45) is 0 Å². The molecule has 11 heteroatoms. The first-order chi connectivity index (χ1) is 14.9. The molecule has 0 saturated carbocycles. The summed E-state index contributed by atoms with van der Waals surface area (Å²) in [6.07, 6.45) is 3.08. The van der Waals surface area contributed by atoms with E-state index in [1.54, 1.807) is 12.1 Å². The number of amides is 3. The van der Waals surface area contributed by atoms with Crippen molar-refractivity contribution in [1.29, 1.82) is 0 Å². The highest BCUT2D eigenvalue weighted by molar-refractivity contribution is 6.04. The zero-order chi connectivity index (χ0) is 22.0. The maximum atomic E-state index is 13.1. The van der Waals surface area contributed by atoms with Gasteiger partial charge in [-0.3, -0.25) is 28.6 Å². The third-order valence-electron chi connectivity index (χ3n) is 4.99. The molecule has 0 unspecified atom stereocenters. The maximum absolute atomic E-state index is 13.1. The molecule has 1 saturated heterocycles. The van der Waals surface area contributed by atoms with Gasteiger partial charge < -0.3 is 5.32 Å². The van der Waals surface area contributed by atoms with Gasteiger partial charge in [0.25, 0.3) is 5.56 Å². The molecule has 31 heavy (non-hydrogen) atoms. The highest BCUT2D eigenvalue weighted by Crippen LogP contribution is 2.11. The predicted molar refractivity (Wildman–Crippen MR) is 106 cm³/mol. The van der Waals surface area contributed by atoms with Gasteiger partial charge in [-0.2, -0.15) is 5.10 Å². The van der Waals surface area contributed by atoms with Gasteiger partial charge in [0.15, 0.2) is 5.65 Å². The van der Waals surface area contributed by atoms with Gasteiger partial charge in [-0.25, -0.2) is 14.1 Å². The van der Waals surface area contributed by atoms with Crippen LogP contribution in [0.1, 0.15) is 18.4 Å². The SMILES string of the molecule is O=C(CN1C(=O)CCC1=O)NCCn1ncc2c(=O)n(Cc3ccc(F)cc3)cnc21. The van der Waals surface area contributed by atoms with Gasteiger partial charge in [-0.1, -0.05) is 12.1 Å². The van der Waals surface area contributed by atoms with Crippen molar-refractivity contribution < 1.29 is 18.8 Å². The number of nitrogens with zero attached hydrogens (tertiary/aromatic N) is 5. The monoisotopic (exact) mass is 426 g/mol. The van der Waals surface area contributed by atoms with E-state index in [9.17, 15) is 23.6 Å². The van der Waals surface area contributed by atoms with Crippen molar-refractivity contribution in [2.75, 3.05) is 13.1 Å². The summed E-state index contributed by atoms with van der Waals surface area (Å²) in [4.78, 5) is 53.1. The Balaban J connectivity index is 1.39. The zero-order valence-electron chi connectivity index (χ0n) is 16.5. The number of halogens is 1. The predicted octanol–water partition coefficient (Wildman–Crippen LogP) is 0.0456. The van der Waals surface area contributed by atoms with Crippen LogP contribution < -0.4 is 10.9 Å². The fourth-order valence-corrected chi connectivity index (χ4v) is 3.36. The first-order valence-corrected chi connectivity index (χ1v) is 9.67. The van der Waals surface area contributed by atoms with E-state index < -0.39 is 5.91 Å². The van der Waals surface area contributed by atoms with Gasteiger partial charge in [-0.15, -0.1) is 0 Å². The Morgan fingerprint density at radius 1 is 1.10 bits per heavy atom. The van der Waals surface area contributed by atoms with Gasteiger partial charge in [0.2, 0.25) is 17.7 Å². The number of hydrogen-bond acceptors (Lipinski definition) is 6. The molecular formula is C20H19FN6O4. The van der Waals surface area contributed by atoms with Crippen LogP contribution in [0, 0.1) is 5.82 Å². The molecule has 1 N–H and O–H groups in total. The molecule has 3 amide bonds. The zero-order valence-corrected chi connectivity index (χ0v) is 16.5. The summed E-state index contributed by atoms with van der Waals surface area (Å²) >= 11 is 0. The lowest BCUT2D eigenvalue weighted by atomic mass is 10.2. The maximum Gasteiger partial charge on any atom is 0.264 e. The lowest BCUT2D eigenvalue weighted by Crippen LogP contribution is -2.40. The van der Waals surface area contributed by atoms with Crippen molar-refractivity contribution in [2.45, 2.75) is 25.9 Å². The molecule has 1 aliphatic heterocycles. The number of aromatic nitrogens is 4. The average Bonchev–Trinajstić information content (AvgIpc) is 3.30. The van der Waals surface area contributed by atoms with Crippen molar-refractivity contribution in [3.63, 3.8) is 0 Å². The summed E-state index contributed by atoms with van der Waals surface area (Å²) in [5.74, 6) is -1.50. The Kier molecular flexibility index (Phi) is 5.56. The molecule has 1 aromatic carbocycles. The standard InChI is InChI=1S/C20H19FN6O4/c21-14-3-1-13(2-4-14)10-25-12-23-19-15(20(25)31)9-24-27(19)8-7-22-16(28)11-26-17(29)5-6-18(26)30/h1-4,9,12H,5-8,10-11H2,(H,22,28). The minimum atomic E-state index is -0.449. The second-order valence-corrected chi connectivity index (χ2v) is 7.13. The third-order valence-corrected chi connectivity index (χ3v) is 4.99. The summed E-state index contributed by atoms with van der Waals surface area (Å²) in [5, 5.41) is 7.11. The molecule has 0 bridgehead atoms. The van der Waals surface area contributed by atoms with E-state index in [0.717, 1.165) is 10.5 Å². The quantitative estimate of drug-likeness (QED) is 0.533. The van der Waals surface area contributed by atoms with Gasteiger partial charge in [-0.05, 0) is 17.7 Å². The van der Waals surface area contributed by atoms with Crippen LogP contribution in [-0.2, 0) is 27.5 Å². The van der Waals surface area contributed by atoms with Crippen molar-refractivity contribution in [3.8, 4) is 0 Å². The van der Waals surface area contributed by atoms with Crippen molar-refractivity contribution >= 4 is 28.8 Å². The van der Waals surface area contributed by atoms with Crippen LogP contribution >= 0.6 is 0 Å². The Morgan fingerprint density at radius 2 is 1.81 bits per heavy atom. The molecule has 4 rings (SSSR count).